The van der Waals surface area contributed by atoms with E-state index >= 15 is 0 Å². The lowest BCUT2D eigenvalue weighted by Gasteiger charge is -2.34. The van der Waals surface area contributed by atoms with E-state index in [0.29, 0.717) is 35.6 Å². The van der Waals surface area contributed by atoms with Crippen molar-refractivity contribution in [3.05, 3.63) is 56.8 Å². The molecule has 3 aliphatic rings. The third-order valence-electron chi connectivity index (χ3n) is 6.27. The lowest BCUT2D eigenvalue weighted by atomic mass is 9.98. The Morgan fingerprint density at radius 3 is 2.80 bits per heavy atom. The van der Waals surface area contributed by atoms with Gasteiger partial charge in [0, 0.05) is 22.6 Å². The largest absolute Gasteiger partial charge is 0.496 e. The van der Waals surface area contributed by atoms with Crippen LogP contribution in [-0.4, -0.2) is 30.6 Å². The van der Waals surface area contributed by atoms with Crippen LogP contribution in [0.5, 0.6) is 17.2 Å². The van der Waals surface area contributed by atoms with Crippen LogP contribution >= 0.6 is 15.9 Å². The minimum atomic E-state index is -0.0923. The number of ether oxygens (including phenoxy) is 3. The second-order valence-corrected chi connectivity index (χ2v) is 9.07. The van der Waals surface area contributed by atoms with Gasteiger partial charge in [-0.25, -0.2) is 0 Å². The van der Waals surface area contributed by atoms with Crippen LogP contribution in [0.15, 0.2) is 34.5 Å². The first-order valence-electron chi connectivity index (χ1n) is 10.4. The number of halogens is 1. The summed E-state index contributed by atoms with van der Waals surface area (Å²) in [5.41, 5.74) is 3.30. The molecular weight excluding hydrogens is 446 g/mol. The maximum atomic E-state index is 13.2. The summed E-state index contributed by atoms with van der Waals surface area (Å²) in [5.74, 6) is 2.39. The van der Waals surface area contributed by atoms with E-state index in [9.17, 15) is 4.79 Å². The van der Waals surface area contributed by atoms with Crippen LogP contribution < -0.4 is 14.2 Å². The molecule has 0 saturated heterocycles. The molecule has 0 unspecified atom stereocenters. The fraction of sp³-hybridized carbons (Fsp3) is 0.375. The van der Waals surface area contributed by atoms with Gasteiger partial charge in [-0.3, -0.25) is 9.69 Å². The molecule has 2 aliphatic heterocycles. The second-order valence-electron chi connectivity index (χ2n) is 8.16. The Morgan fingerprint density at radius 2 is 2.03 bits per heavy atom. The van der Waals surface area contributed by atoms with Crippen LogP contribution in [0.2, 0.25) is 0 Å². The molecular formula is C24H24BrNO4. The second kappa shape index (κ2) is 7.75. The van der Waals surface area contributed by atoms with E-state index in [1.165, 1.54) is 25.7 Å². The predicted molar refractivity (Wildman–Crippen MR) is 118 cm³/mol. The van der Waals surface area contributed by atoms with Gasteiger partial charge in [0.05, 0.1) is 18.2 Å². The molecule has 1 fully saturated rings. The van der Waals surface area contributed by atoms with Gasteiger partial charge in [-0.1, -0.05) is 28.8 Å². The van der Waals surface area contributed by atoms with Gasteiger partial charge in [-0.05, 0) is 55.7 Å². The Bertz CT molecular complexity index is 1060. The zero-order valence-corrected chi connectivity index (χ0v) is 18.8. The average molecular weight is 470 g/mol. The number of carbonyl (C=O) groups is 1. The van der Waals surface area contributed by atoms with Crippen LogP contribution in [0, 0.1) is 6.92 Å². The van der Waals surface area contributed by atoms with Crippen molar-refractivity contribution in [2.45, 2.75) is 45.2 Å². The number of hydrogen-bond acceptors (Lipinski definition) is 5. The van der Waals surface area contributed by atoms with Gasteiger partial charge in [0.15, 0.2) is 5.76 Å². The minimum Gasteiger partial charge on any atom is -0.496 e. The summed E-state index contributed by atoms with van der Waals surface area (Å²) in [7, 11) is 1.62. The number of benzene rings is 2. The number of hydrogen-bond donors (Lipinski definition) is 0. The van der Waals surface area contributed by atoms with Gasteiger partial charge in [0.1, 0.15) is 24.0 Å². The molecule has 6 heteroatoms. The summed E-state index contributed by atoms with van der Waals surface area (Å²) in [6.07, 6.45) is 6.73. The van der Waals surface area contributed by atoms with Gasteiger partial charge in [-0.2, -0.15) is 0 Å². The van der Waals surface area contributed by atoms with Crippen LogP contribution in [0.25, 0.3) is 6.08 Å². The third-order valence-corrected chi connectivity index (χ3v) is 6.76. The van der Waals surface area contributed by atoms with Crippen molar-refractivity contribution < 1.29 is 19.0 Å². The highest BCUT2D eigenvalue weighted by atomic mass is 79.9. The summed E-state index contributed by atoms with van der Waals surface area (Å²) in [6, 6.07) is 8.21. The van der Waals surface area contributed by atoms with Crippen molar-refractivity contribution in [3.63, 3.8) is 0 Å². The Morgan fingerprint density at radius 1 is 1.23 bits per heavy atom. The van der Waals surface area contributed by atoms with Crippen molar-refractivity contribution in [3.8, 4) is 17.2 Å². The molecule has 0 atom stereocenters. The molecule has 2 aromatic carbocycles. The molecule has 30 heavy (non-hydrogen) atoms. The third kappa shape index (κ3) is 3.32. The van der Waals surface area contributed by atoms with E-state index in [2.05, 4.69) is 20.8 Å². The lowest BCUT2D eigenvalue weighted by Crippen LogP contribution is -2.39. The molecule has 0 aromatic heterocycles. The van der Waals surface area contributed by atoms with Crippen LogP contribution in [0.1, 0.15) is 52.7 Å². The maximum absolute atomic E-state index is 13.2. The first-order chi connectivity index (χ1) is 14.5. The Kier molecular flexibility index (Phi) is 5.07. The summed E-state index contributed by atoms with van der Waals surface area (Å²) >= 11 is 3.49. The summed E-state index contributed by atoms with van der Waals surface area (Å²) < 4.78 is 18.6. The van der Waals surface area contributed by atoms with E-state index in [0.717, 1.165) is 33.5 Å². The van der Waals surface area contributed by atoms with E-state index in [1.807, 2.05) is 31.2 Å². The maximum Gasteiger partial charge on any atom is 0.232 e. The number of ketones is 1. The van der Waals surface area contributed by atoms with Gasteiger partial charge in [0.25, 0.3) is 0 Å². The number of nitrogens with zero attached hydrogens (tertiary/aromatic N) is 1. The van der Waals surface area contributed by atoms with Crippen LogP contribution in [0.4, 0.5) is 0 Å². The number of rotatable bonds is 3. The van der Waals surface area contributed by atoms with Gasteiger partial charge in [-0.15, -0.1) is 0 Å². The summed E-state index contributed by atoms with van der Waals surface area (Å²) in [5, 5.41) is 0. The van der Waals surface area contributed by atoms with Crippen molar-refractivity contribution in [2.24, 2.45) is 0 Å². The van der Waals surface area contributed by atoms with E-state index in [4.69, 9.17) is 14.2 Å². The molecule has 156 valence electrons. The van der Waals surface area contributed by atoms with Crippen molar-refractivity contribution in [1.29, 1.82) is 0 Å². The lowest BCUT2D eigenvalue weighted by molar-refractivity contribution is 0.0567. The molecule has 5 rings (SSSR count). The minimum absolute atomic E-state index is 0.0923. The molecule has 0 bridgehead atoms. The van der Waals surface area contributed by atoms with E-state index < -0.39 is 0 Å². The fourth-order valence-corrected chi connectivity index (χ4v) is 5.09. The molecule has 0 N–H and O–H groups in total. The Hall–Kier alpha value is -2.31. The average Bonchev–Trinajstić information content (AvgIpc) is 3.38. The normalized spacial score (nSPS) is 20.1. The zero-order valence-electron chi connectivity index (χ0n) is 17.2. The smallest absolute Gasteiger partial charge is 0.232 e. The quantitative estimate of drug-likeness (QED) is 0.557. The van der Waals surface area contributed by atoms with Crippen LogP contribution in [-0.2, 0) is 6.54 Å². The summed E-state index contributed by atoms with van der Waals surface area (Å²) in [4.78, 5) is 15.6. The number of Topliss-reactive ketones (excluding diaryl/α,β-unsaturated/α-hetero) is 1. The molecule has 5 nitrogen and oxygen atoms in total. The molecule has 0 radical (unpaired) electrons. The number of aryl methyl sites for hydroxylation is 1. The number of carbonyl (C=O) groups excluding carboxylic acids is 1. The van der Waals surface area contributed by atoms with Crippen molar-refractivity contribution in [2.75, 3.05) is 13.8 Å². The van der Waals surface area contributed by atoms with Gasteiger partial charge in [0.2, 0.25) is 5.78 Å². The zero-order chi connectivity index (χ0) is 20.8. The van der Waals surface area contributed by atoms with Gasteiger partial charge >= 0.3 is 0 Å². The molecule has 0 spiro atoms. The highest BCUT2D eigenvalue weighted by Crippen LogP contribution is 2.45. The van der Waals surface area contributed by atoms with E-state index in [1.54, 1.807) is 13.2 Å². The molecule has 2 heterocycles. The predicted octanol–water partition coefficient (Wildman–Crippen LogP) is 5.48. The molecule has 1 aliphatic carbocycles. The molecule has 2 aromatic rings. The highest BCUT2D eigenvalue weighted by molar-refractivity contribution is 9.10. The number of methoxy groups -OCH3 is 1. The first kappa shape index (κ1) is 19.6. The summed E-state index contributed by atoms with van der Waals surface area (Å²) in [6.45, 7) is 3.29. The topological polar surface area (TPSA) is 48.0 Å². The Balaban J connectivity index is 1.53. The van der Waals surface area contributed by atoms with Crippen LogP contribution in [0.3, 0.4) is 0 Å². The standard InChI is InChI=1S/C24H24BrNO4/c1-14-9-20-18(12-26(13-29-20)17-5-3-4-6-17)24-22(14)23(27)21(30-24)11-15-10-16(25)7-8-19(15)28-2/h7-11,17H,3-6,12-13H2,1-2H3/b21-11-. The highest BCUT2D eigenvalue weighted by Gasteiger charge is 2.37. The SMILES string of the molecule is COc1ccc(Br)cc1/C=C1\Oc2c3c(cc(C)c2C1=O)OCN(C1CCCC1)C3. The van der Waals surface area contributed by atoms with Crippen molar-refractivity contribution >= 4 is 27.8 Å². The monoisotopic (exact) mass is 469 g/mol. The van der Waals surface area contributed by atoms with Gasteiger partial charge < -0.3 is 14.2 Å². The number of fused-ring (bicyclic) bond motifs is 3. The Labute approximate surface area is 184 Å². The fourth-order valence-electron chi connectivity index (χ4n) is 4.71. The van der Waals surface area contributed by atoms with E-state index in [-0.39, 0.29) is 5.78 Å². The first-order valence-corrected chi connectivity index (χ1v) is 11.2. The number of allylic oxidation sites excluding steroid dienone is 1. The van der Waals surface area contributed by atoms with Crippen molar-refractivity contribution in [1.82, 2.24) is 4.90 Å². The molecule has 0 amide bonds. The molecule has 1 saturated carbocycles.